The highest BCUT2D eigenvalue weighted by Gasteiger charge is 2.30. The van der Waals surface area contributed by atoms with Crippen molar-refractivity contribution < 1.29 is 24.2 Å². The van der Waals surface area contributed by atoms with Gasteiger partial charge in [0.2, 0.25) is 5.91 Å². The number of alkyl carbamates (subject to hydrolysis) is 1. The third-order valence-electron chi connectivity index (χ3n) is 5.76. The van der Waals surface area contributed by atoms with Crippen LogP contribution in [0.3, 0.4) is 0 Å². The van der Waals surface area contributed by atoms with Gasteiger partial charge < -0.3 is 20.5 Å². The highest BCUT2D eigenvalue weighted by molar-refractivity contribution is 7.07. The van der Waals surface area contributed by atoms with E-state index < -0.39 is 24.0 Å². The SMILES string of the molecule is O=C(O)CCC(NC(=O)OCC1c2ccccc2-c2ccccc21)C(=O)NCCc1cscn1. The number of hydrogen-bond donors (Lipinski definition) is 3. The Morgan fingerprint density at radius 2 is 1.74 bits per heavy atom. The molecule has 0 radical (unpaired) electrons. The normalized spacial score (nSPS) is 12.9. The van der Waals surface area contributed by atoms with Crippen molar-refractivity contribution in [3.05, 3.63) is 76.2 Å². The number of fused-ring (bicyclic) bond motifs is 3. The lowest BCUT2D eigenvalue weighted by molar-refractivity contribution is -0.137. The van der Waals surface area contributed by atoms with E-state index in [4.69, 9.17) is 9.84 Å². The second-order valence-electron chi connectivity index (χ2n) is 7.98. The number of nitrogens with one attached hydrogen (secondary N) is 2. The topological polar surface area (TPSA) is 118 Å². The molecular weight excluding hydrogens is 454 g/mol. The van der Waals surface area contributed by atoms with E-state index in [0.29, 0.717) is 13.0 Å². The summed E-state index contributed by atoms with van der Waals surface area (Å²) in [6.45, 7) is 0.440. The molecule has 0 saturated carbocycles. The van der Waals surface area contributed by atoms with Gasteiger partial charge in [-0.25, -0.2) is 9.78 Å². The number of amides is 2. The molecule has 1 atom stereocenters. The fourth-order valence-corrected chi connectivity index (χ4v) is 4.71. The molecule has 2 amide bonds. The van der Waals surface area contributed by atoms with Crippen LogP contribution in [-0.2, 0) is 20.7 Å². The Balaban J connectivity index is 1.36. The zero-order chi connectivity index (χ0) is 23.9. The zero-order valence-electron chi connectivity index (χ0n) is 18.4. The third kappa shape index (κ3) is 5.60. The van der Waals surface area contributed by atoms with E-state index in [0.717, 1.165) is 27.9 Å². The van der Waals surface area contributed by atoms with Crippen molar-refractivity contribution in [3.63, 3.8) is 0 Å². The summed E-state index contributed by atoms with van der Waals surface area (Å²) in [6.07, 6.45) is -0.506. The van der Waals surface area contributed by atoms with Gasteiger partial charge in [-0.05, 0) is 28.7 Å². The molecule has 0 aliphatic heterocycles. The molecule has 0 spiro atoms. The Hall–Kier alpha value is -3.72. The van der Waals surface area contributed by atoms with Gasteiger partial charge >= 0.3 is 12.1 Å². The van der Waals surface area contributed by atoms with Crippen molar-refractivity contribution in [1.82, 2.24) is 15.6 Å². The van der Waals surface area contributed by atoms with Crippen LogP contribution >= 0.6 is 11.3 Å². The number of carbonyl (C=O) groups is 3. The quantitative estimate of drug-likeness (QED) is 0.409. The molecule has 1 heterocycles. The lowest BCUT2D eigenvalue weighted by Gasteiger charge is -2.19. The molecule has 34 heavy (non-hydrogen) atoms. The van der Waals surface area contributed by atoms with Crippen LogP contribution < -0.4 is 10.6 Å². The van der Waals surface area contributed by atoms with Crippen LogP contribution in [0.4, 0.5) is 4.79 Å². The smallest absolute Gasteiger partial charge is 0.407 e. The first-order chi connectivity index (χ1) is 16.5. The summed E-state index contributed by atoms with van der Waals surface area (Å²) >= 11 is 1.47. The standard InChI is InChI=1S/C25H25N3O5S/c29-23(30)10-9-22(24(31)26-12-11-16-14-34-15-27-16)28-25(32)33-13-21-19-7-3-1-5-17(19)18-6-2-4-8-20(18)21/h1-8,14-15,21-22H,9-13H2,(H,26,31)(H,28,32)(H,29,30). The van der Waals surface area contributed by atoms with Crippen molar-refractivity contribution >= 4 is 29.3 Å². The van der Waals surface area contributed by atoms with Gasteiger partial charge in [0.05, 0.1) is 11.2 Å². The number of rotatable bonds is 10. The van der Waals surface area contributed by atoms with Crippen LogP contribution in [0.25, 0.3) is 11.1 Å². The van der Waals surface area contributed by atoms with Crippen molar-refractivity contribution in [2.24, 2.45) is 0 Å². The van der Waals surface area contributed by atoms with Gasteiger partial charge in [0.15, 0.2) is 0 Å². The first-order valence-corrected chi connectivity index (χ1v) is 12.0. The predicted octanol–water partition coefficient (Wildman–Crippen LogP) is 3.57. The van der Waals surface area contributed by atoms with Gasteiger partial charge in [-0.15, -0.1) is 11.3 Å². The van der Waals surface area contributed by atoms with Gasteiger partial charge in [0, 0.05) is 30.7 Å². The number of carboxylic acid groups (broad SMARTS) is 1. The Kier molecular flexibility index (Phi) is 7.54. The fourth-order valence-electron chi connectivity index (χ4n) is 4.12. The van der Waals surface area contributed by atoms with Gasteiger partial charge in [-0.3, -0.25) is 9.59 Å². The molecule has 9 heteroatoms. The first-order valence-electron chi connectivity index (χ1n) is 11.0. The molecule has 2 aromatic carbocycles. The highest BCUT2D eigenvalue weighted by Crippen LogP contribution is 2.44. The maximum absolute atomic E-state index is 12.6. The number of aliphatic carboxylic acids is 1. The van der Waals surface area contributed by atoms with E-state index in [2.05, 4.69) is 15.6 Å². The molecule has 4 rings (SSSR count). The number of carboxylic acids is 1. The Morgan fingerprint density at radius 3 is 2.35 bits per heavy atom. The van der Waals surface area contributed by atoms with E-state index in [9.17, 15) is 14.4 Å². The van der Waals surface area contributed by atoms with Gasteiger partial charge in [-0.2, -0.15) is 0 Å². The van der Waals surface area contributed by atoms with Crippen molar-refractivity contribution in [2.45, 2.75) is 31.2 Å². The van der Waals surface area contributed by atoms with Gasteiger partial charge in [-0.1, -0.05) is 48.5 Å². The largest absolute Gasteiger partial charge is 0.481 e. The Bertz CT molecular complexity index is 1120. The van der Waals surface area contributed by atoms with E-state index in [-0.39, 0.29) is 25.4 Å². The second-order valence-corrected chi connectivity index (χ2v) is 8.69. The number of carbonyl (C=O) groups excluding carboxylic acids is 2. The maximum Gasteiger partial charge on any atom is 0.407 e. The molecule has 1 aromatic heterocycles. The molecule has 176 valence electrons. The zero-order valence-corrected chi connectivity index (χ0v) is 19.2. The first kappa shape index (κ1) is 23.4. The number of nitrogens with zero attached hydrogens (tertiary/aromatic N) is 1. The summed E-state index contributed by atoms with van der Waals surface area (Å²) in [6, 6.07) is 15.0. The third-order valence-corrected chi connectivity index (χ3v) is 6.40. The van der Waals surface area contributed by atoms with E-state index in [1.54, 1.807) is 5.51 Å². The summed E-state index contributed by atoms with van der Waals surface area (Å²) in [5, 5.41) is 16.2. The number of ether oxygens (including phenoxy) is 1. The van der Waals surface area contributed by atoms with Gasteiger partial charge in [0.25, 0.3) is 0 Å². The van der Waals surface area contributed by atoms with Crippen molar-refractivity contribution in [1.29, 1.82) is 0 Å². The Labute approximate surface area is 201 Å². The summed E-state index contributed by atoms with van der Waals surface area (Å²) in [5.41, 5.74) is 6.97. The van der Waals surface area contributed by atoms with Crippen LogP contribution in [-0.4, -0.2) is 47.3 Å². The molecule has 0 fully saturated rings. The molecule has 1 aliphatic rings. The van der Waals surface area contributed by atoms with Crippen LogP contribution in [0.1, 0.15) is 35.6 Å². The fraction of sp³-hybridized carbons (Fsp3) is 0.280. The van der Waals surface area contributed by atoms with E-state index >= 15 is 0 Å². The molecule has 0 bridgehead atoms. The summed E-state index contributed by atoms with van der Waals surface area (Å²) in [5.74, 6) is -1.61. The van der Waals surface area contributed by atoms with Crippen molar-refractivity contribution in [3.8, 4) is 11.1 Å². The predicted molar refractivity (Wildman–Crippen MR) is 128 cm³/mol. The van der Waals surface area contributed by atoms with Crippen LogP contribution in [0, 0.1) is 0 Å². The lowest BCUT2D eigenvalue weighted by Crippen LogP contribution is -2.47. The van der Waals surface area contributed by atoms with Crippen LogP contribution in [0.15, 0.2) is 59.4 Å². The van der Waals surface area contributed by atoms with E-state index in [1.807, 2.05) is 53.9 Å². The molecule has 3 aromatic rings. The Morgan fingerprint density at radius 1 is 1.06 bits per heavy atom. The molecule has 1 aliphatic carbocycles. The van der Waals surface area contributed by atoms with Gasteiger partial charge in [0.1, 0.15) is 12.6 Å². The number of benzene rings is 2. The van der Waals surface area contributed by atoms with Crippen LogP contribution in [0.5, 0.6) is 0 Å². The summed E-state index contributed by atoms with van der Waals surface area (Å²) in [4.78, 5) is 40.4. The number of hydrogen-bond acceptors (Lipinski definition) is 6. The second kappa shape index (κ2) is 10.9. The lowest BCUT2D eigenvalue weighted by atomic mass is 9.98. The molecule has 0 saturated heterocycles. The van der Waals surface area contributed by atoms with E-state index in [1.165, 1.54) is 11.3 Å². The average Bonchev–Trinajstić information content (AvgIpc) is 3.46. The monoisotopic (exact) mass is 479 g/mol. The molecule has 8 nitrogen and oxygen atoms in total. The highest BCUT2D eigenvalue weighted by atomic mass is 32.1. The minimum absolute atomic E-state index is 0.0396. The molecule has 3 N–H and O–H groups in total. The minimum Gasteiger partial charge on any atom is -0.481 e. The number of aromatic nitrogens is 1. The molecular formula is C25H25N3O5S. The number of thiazole rings is 1. The molecule has 1 unspecified atom stereocenters. The maximum atomic E-state index is 12.6. The van der Waals surface area contributed by atoms with Crippen LogP contribution in [0.2, 0.25) is 0 Å². The summed E-state index contributed by atoms with van der Waals surface area (Å²) < 4.78 is 5.50. The minimum atomic E-state index is -1.05. The summed E-state index contributed by atoms with van der Waals surface area (Å²) in [7, 11) is 0. The average molecular weight is 480 g/mol. The van der Waals surface area contributed by atoms with Crippen molar-refractivity contribution in [2.75, 3.05) is 13.2 Å².